The number of carbonyl (C=O) groups is 1. The van der Waals surface area contributed by atoms with Gasteiger partial charge in [-0.25, -0.2) is 4.79 Å². The Labute approximate surface area is 225 Å². The standard InChI is InChI=1S/C33H48O4/c1-3-5-6-7-8-9-25-35-30-19-17-29(18-20-30)33(34)37-32-23-21-31(22-24-32)36-26-10-12-28-15-13-27(11-4-2)14-16-28/h17-24,27-28H,3-16,25-26H2,1-2H3/t27-,28-. The molecule has 1 saturated carbocycles. The van der Waals surface area contributed by atoms with Crippen LogP contribution >= 0.6 is 0 Å². The fraction of sp³-hybridized carbons (Fsp3) is 0.606. The summed E-state index contributed by atoms with van der Waals surface area (Å²) in [5.41, 5.74) is 0.510. The first-order valence-electron chi connectivity index (χ1n) is 14.9. The van der Waals surface area contributed by atoms with Gasteiger partial charge in [-0.2, -0.15) is 0 Å². The lowest BCUT2D eigenvalue weighted by molar-refractivity contribution is 0.0734. The van der Waals surface area contributed by atoms with E-state index in [-0.39, 0.29) is 5.97 Å². The van der Waals surface area contributed by atoms with E-state index in [9.17, 15) is 4.79 Å². The smallest absolute Gasteiger partial charge is 0.343 e. The second kappa shape index (κ2) is 17.1. The Kier molecular flexibility index (Phi) is 13.4. The normalized spacial score (nSPS) is 17.4. The van der Waals surface area contributed by atoms with Gasteiger partial charge < -0.3 is 14.2 Å². The summed E-state index contributed by atoms with van der Waals surface area (Å²) >= 11 is 0. The molecule has 0 spiro atoms. The summed E-state index contributed by atoms with van der Waals surface area (Å²) in [6.45, 7) is 5.98. The van der Waals surface area contributed by atoms with E-state index in [2.05, 4.69) is 13.8 Å². The molecular weight excluding hydrogens is 460 g/mol. The molecule has 0 atom stereocenters. The fourth-order valence-electron chi connectivity index (χ4n) is 5.31. The number of rotatable bonds is 17. The molecule has 0 bridgehead atoms. The molecule has 0 heterocycles. The monoisotopic (exact) mass is 508 g/mol. The van der Waals surface area contributed by atoms with Crippen molar-refractivity contribution < 1.29 is 19.0 Å². The zero-order valence-electron chi connectivity index (χ0n) is 23.2. The van der Waals surface area contributed by atoms with Gasteiger partial charge in [0.2, 0.25) is 0 Å². The van der Waals surface area contributed by atoms with E-state index in [1.165, 1.54) is 77.0 Å². The van der Waals surface area contributed by atoms with Crippen LogP contribution in [0.2, 0.25) is 0 Å². The minimum Gasteiger partial charge on any atom is -0.494 e. The summed E-state index contributed by atoms with van der Waals surface area (Å²) in [5.74, 6) is 3.60. The van der Waals surface area contributed by atoms with Crippen molar-refractivity contribution in [3.05, 3.63) is 54.1 Å². The SMILES string of the molecule is CCCCCCCCOc1ccc(C(=O)Oc2ccc(OCCC[C@H]3CC[C@H](CCC)CC3)cc2)cc1. The van der Waals surface area contributed by atoms with E-state index in [0.717, 1.165) is 42.8 Å². The van der Waals surface area contributed by atoms with Gasteiger partial charge in [0.1, 0.15) is 17.2 Å². The zero-order chi connectivity index (χ0) is 26.1. The van der Waals surface area contributed by atoms with Crippen molar-refractivity contribution in [1.29, 1.82) is 0 Å². The summed E-state index contributed by atoms with van der Waals surface area (Å²) in [4.78, 5) is 12.5. The molecule has 0 radical (unpaired) electrons. The van der Waals surface area contributed by atoms with E-state index >= 15 is 0 Å². The molecule has 4 heteroatoms. The van der Waals surface area contributed by atoms with Crippen molar-refractivity contribution in [3.8, 4) is 17.2 Å². The number of esters is 1. The van der Waals surface area contributed by atoms with E-state index in [1.54, 1.807) is 24.3 Å². The summed E-state index contributed by atoms with van der Waals surface area (Å²) in [5, 5.41) is 0. The maximum Gasteiger partial charge on any atom is 0.343 e. The highest BCUT2D eigenvalue weighted by atomic mass is 16.5. The summed E-state index contributed by atoms with van der Waals surface area (Å²) in [6, 6.07) is 14.5. The van der Waals surface area contributed by atoms with Gasteiger partial charge in [-0.1, -0.05) is 84.5 Å². The highest BCUT2D eigenvalue weighted by Gasteiger charge is 2.20. The second-order valence-corrected chi connectivity index (χ2v) is 10.7. The first kappa shape index (κ1) is 29.1. The summed E-state index contributed by atoms with van der Waals surface area (Å²) in [6.07, 6.45) is 18.1. The Morgan fingerprint density at radius 2 is 1.14 bits per heavy atom. The maximum absolute atomic E-state index is 12.5. The van der Waals surface area contributed by atoms with Gasteiger partial charge in [0, 0.05) is 0 Å². The average molecular weight is 509 g/mol. The topological polar surface area (TPSA) is 44.8 Å². The van der Waals surface area contributed by atoms with Gasteiger partial charge >= 0.3 is 5.97 Å². The van der Waals surface area contributed by atoms with Gasteiger partial charge in [-0.3, -0.25) is 0 Å². The third-order valence-corrected chi connectivity index (χ3v) is 7.58. The predicted octanol–water partition coefficient (Wildman–Crippen LogP) is 9.41. The van der Waals surface area contributed by atoms with Crippen LogP contribution < -0.4 is 14.2 Å². The number of unbranched alkanes of at least 4 members (excludes halogenated alkanes) is 5. The van der Waals surface area contributed by atoms with Crippen LogP contribution in [0.15, 0.2) is 48.5 Å². The molecule has 2 aromatic carbocycles. The highest BCUT2D eigenvalue weighted by molar-refractivity contribution is 5.91. The molecule has 1 aliphatic carbocycles. The molecular formula is C33H48O4. The number of carbonyl (C=O) groups excluding carboxylic acids is 1. The first-order valence-corrected chi connectivity index (χ1v) is 14.9. The van der Waals surface area contributed by atoms with Crippen molar-refractivity contribution in [2.24, 2.45) is 11.8 Å². The van der Waals surface area contributed by atoms with Crippen molar-refractivity contribution in [1.82, 2.24) is 0 Å². The predicted molar refractivity (Wildman–Crippen MR) is 152 cm³/mol. The van der Waals surface area contributed by atoms with Crippen LogP contribution in [0.4, 0.5) is 0 Å². The Hall–Kier alpha value is -2.49. The van der Waals surface area contributed by atoms with Gasteiger partial charge in [0.15, 0.2) is 0 Å². The number of hydrogen-bond acceptors (Lipinski definition) is 4. The third-order valence-electron chi connectivity index (χ3n) is 7.58. The highest BCUT2D eigenvalue weighted by Crippen LogP contribution is 2.33. The number of ether oxygens (including phenoxy) is 3. The molecule has 0 saturated heterocycles. The van der Waals surface area contributed by atoms with Crippen LogP contribution in [0, 0.1) is 11.8 Å². The molecule has 3 rings (SSSR count). The Bertz CT molecular complexity index is 866. The van der Waals surface area contributed by atoms with Crippen molar-refractivity contribution >= 4 is 5.97 Å². The van der Waals surface area contributed by atoms with Crippen molar-refractivity contribution in [2.75, 3.05) is 13.2 Å². The molecule has 1 fully saturated rings. The van der Waals surface area contributed by atoms with Crippen LogP contribution in [0.5, 0.6) is 17.2 Å². The Morgan fingerprint density at radius 1 is 0.622 bits per heavy atom. The van der Waals surface area contributed by atoms with Gasteiger partial charge in [-0.15, -0.1) is 0 Å². The molecule has 0 N–H and O–H groups in total. The molecule has 37 heavy (non-hydrogen) atoms. The van der Waals surface area contributed by atoms with E-state index in [0.29, 0.717) is 17.9 Å². The van der Waals surface area contributed by atoms with Gasteiger partial charge in [0.05, 0.1) is 18.8 Å². The zero-order valence-corrected chi connectivity index (χ0v) is 23.2. The van der Waals surface area contributed by atoms with Crippen molar-refractivity contribution in [2.45, 2.75) is 104 Å². The fourth-order valence-corrected chi connectivity index (χ4v) is 5.31. The summed E-state index contributed by atoms with van der Waals surface area (Å²) < 4.78 is 17.3. The summed E-state index contributed by atoms with van der Waals surface area (Å²) in [7, 11) is 0. The number of hydrogen-bond donors (Lipinski definition) is 0. The minimum atomic E-state index is -0.371. The largest absolute Gasteiger partial charge is 0.494 e. The van der Waals surface area contributed by atoms with Crippen LogP contribution in [0.25, 0.3) is 0 Å². The first-order chi connectivity index (χ1) is 18.2. The quantitative estimate of drug-likeness (QED) is 0.121. The third kappa shape index (κ3) is 11.2. The Morgan fingerprint density at radius 3 is 1.76 bits per heavy atom. The lowest BCUT2D eigenvalue weighted by Crippen LogP contribution is -2.15. The Balaban J connectivity index is 1.30. The van der Waals surface area contributed by atoms with Crippen molar-refractivity contribution in [3.63, 3.8) is 0 Å². The van der Waals surface area contributed by atoms with Crippen LogP contribution in [-0.2, 0) is 0 Å². The lowest BCUT2D eigenvalue weighted by Gasteiger charge is -2.28. The van der Waals surface area contributed by atoms with Crippen LogP contribution in [-0.4, -0.2) is 19.2 Å². The van der Waals surface area contributed by atoms with E-state index in [4.69, 9.17) is 14.2 Å². The second-order valence-electron chi connectivity index (χ2n) is 10.7. The number of benzene rings is 2. The average Bonchev–Trinajstić information content (AvgIpc) is 2.93. The van der Waals surface area contributed by atoms with E-state index < -0.39 is 0 Å². The maximum atomic E-state index is 12.5. The lowest BCUT2D eigenvalue weighted by atomic mass is 9.78. The molecule has 0 amide bonds. The molecule has 0 aliphatic heterocycles. The molecule has 4 nitrogen and oxygen atoms in total. The molecule has 204 valence electrons. The molecule has 0 unspecified atom stereocenters. The van der Waals surface area contributed by atoms with Crippen LogP contribution in [0.1, 0.15) is 114 Å². The van der Waals surface area contributed by atoms with Gasteiger partial charge in [0.25, 0.3) is 0 Å². The molecule has 0 aromatic heterocycles. The minimum absolute atomic E-state index is 0.371. The molecule has 1 aliphatic rings. The van der Waals surface area contributed by atoms with E-state index in [1.807, 2.05) is 24.3 Å². The van der Waals surface area contributed by atoms with Gasteiger partial charge in [-0.05, 0) is 79.6 Å². The van der Waals surface area contributed by atoms with Crippen LogP contribution in [0.3, 0.4) is 0 Å². The molecule has 2 aromatic rings.